The Labute approximate surface area is 183 Å². The molecule has 2 aromatic heterocycles. The summed E-state index contributed by atoms with van der Waals surface area (Å²) in [4.78, 5) is 19.5. The van der Waals surface area contributed by atoms with Crippen LogP contribution in [0.1, 0.15) is 22.8 Å². The number of nitrogens with one attached hydrogen (secondary N) is 1. The average molecular weight is 444 g/mol. The van der Waals surface area contributed by atoms with Crippen LogP contribution in [0, 0.1) is 0 Å². The van der Waals surface area contributed by atoms with Crippen LogP contribution < -0.4 is 15.0 Å². The van der Waals surface area contributed by atoms with Crippen molar-refractivity contribution < 1.29 is 19.4 Å². The fourth-order valence-electron chi connectivity index (χ4n) is 4.06. The van der Waals surface area contributed by atoms with E-state index in [9.17, 15) is 9.90 Å². The van der Waals surface area contributed by atoms with Crippen molar-refractivity contribution in [3.63, 3.8) is 0 Å². The highest BCUT2D eigenvalue weighted by Gasteiger charge is 2.38. The summed E-state index contributed by atoms with van der Waals surface area (Å²) in [6.07, 6.45) is 5.33. The fraction of sp³-hybridized carbons (Fsp3) is 0.381. The molecule has 0 aliphatic carbocycles. The van der Waals surface area contributed by atoms with E-state index in [0.717, 1.165) is 5.56 Å². The van der Waals surface area contributed by atoms with Gasteiger partial charge in [0.05, 0.1) is 37.4 Å². The average Bonchev–Trinajstić information content (AvgIpc) is 3.36. The molecule has 1 atom stereocenters. The van der Waals surface area contributed by atoms with Crippen LogP contribution in [0.4, 0.5) is 11.4 Å². The Kier molecular flexibility index (Phi) is 4.96. The van der Waals surface area contributed by atoms with Gasteiger partial charge in [-0.3, -0.25) is 4.79 Å². The molecule has 1 saturated heterocycles. The lowest BCUT2D eigenvalue weighted by atomic mass is 9.99. The summed E-state index contributed by atoms with van der Waals surface area (Å²) in [6, 6.07) is 3.63. The topological polar surface area (TPSA) is 101 Å². The van der Waals surface area contributed by atoms with Gasteiger partial charge in [-0.15, -0.1) is 0 Å². The molecule has 2 aliphatic heterocycles. The lowest BCUT2D eigenvalue weighted by Crippen LogP contribution is -2.37. The third kappa shape index (κ3) is 3.48. The second-order valence-corrected chi connectivity index (χ2v) is 8.34. The summed E-state index contributed by atoms with van der Waals surface area (Å²) in [5.74, 6) is 0.221. The van der Waals surface area contributed by atoms with Gasteiger partial charge < -0.3 is 24.8 Å². The van der Waals surface area contributed by atoms with E-state index in [2.05, 4.69) is 20.3 Å². The van der Waals surface area contributed by atoms with Crippen molar-refractivity contribution in [3.8, 4) is 5.75 Å². The van der Waals surface area contributed by atoms with Gasteiger partial charge in [0.2, 0.25) is 0 Å². The molecule has 31 heavy (non-hydrogen) atoms. The third-order valence-corrected chi connectivity index (χ3v) is 5.97. The van der Waals surface area contributed by atoms with Gasteiger partial charge in [-0.2, -0.15) is 5.10 Å². The first-order valence-corrected chi connectivity index (χ1v) is 10.4. The van der Waals surface area contributed by atoms with Crippen LogP contribution in [0.2, 0.25) is 5.02 Å². The zero-order valence-electron chi connectivity index (χ0n) is 17.0. The summed E-state index contributed by atoms with van der Waals surface area (Å²) in [5.41, 5.74) is 2.19. The first-order chi connectivity index (χ1) is 15.0. The number of carbonyl (C=O) groups excluding carboxylic acids is 1. The smallest absolute Gasteiger partial charge is 0.261 e. The van der Waals surface area contributed by atoms with E-state index < -0.39 is 5.60 Å². The highest BCUT2D eigenvalue weighted by molar-refractivity contribution is 6.36. The van der Waals surface area contributed by atoms with E-state index in [1.807, 2.05) is 13.0 Å². The molecular weight excluding hydrogens is 422 g/mol. The molecular formula is C21H22ClN5O4. The molecule has 4 heterocycles. The lowest BCUT2D eigenvalue weighted by Gasteiger charge is -2.32. The number of amides is 1. The molecule has 2 aliphatic rings. The van der Waals surface area contributed by atoms with Crippen molar-refractivity contribution in [2.75, 3.05) is 43.1 Å². The highest BCUT2D eigenvalue weighted by atomic mass is 35.5. The first kappa shape index (κ1) is 20.0. The summed E-state index contributed by atoms with van der Waals surface area (Å²) >= 11 is 6.81. The quantitative estimate of drug-likeness (QED) is 0.637. The summed E-state index contributed by atoms with van der Waals surface area (Å²) in [7, 11) is 0. The molecule has 0 spiro atoms. The summed E-state index contributed by atoms with van der Waals surface area (Å²) in [6.45, 7) is 4.09. The first-order valence-electron chi connectivity index (χ1n) is 10.1. The predicted molar refractivity (Wildman–Crippen MR) is 115 cm³/mol. The number of aliphatic hydroxyl groups is 1. The number of benzene rings is 1. The Morgan fingerprint density at radius 1 is 1.39 bits per heavy atom. The molecule has 162 valence electrons. The second kappa shape index (κ2) is 7.67. The van der Waals surface area contributed by atoms with Crippen LogP contribution in [0.5, 0.6) is 5.75 Å². The van der Waals surface area contributed by atoms with Gasteiger partial charge in [0.1, 0.15) is 21.9 Å². The van der Waals surface area contributed by atoms with Crippen molar-refractivity contribution in [2.24, 2.45) is 0 Å². The number of ether oxygens (including phenoxy) is 2. The lowest BCUT2D eigenvalue weighted by molar-refractivity contribution is 0.0447. The predicted octanol–water partition coefficient (Wildman–Crippen LogP) is 2.16. The van der Waals surface area contributed by atoms with E-state index >= 15 is 0 Å². The number of nitrogens with zero attached hydrogens (tertiary/aromatic N) is 4. The van der Waals surface area contributed by atoms with Crippen molar-refractivity contribution in [1.29, 1.82) is 0 Å². The number of aliphatic hydroxyl groups excluding tert-OH is 1. The molecule has 5 rings (SSSR count). The zero-order chi connectivity index (χ0) is 21.6. The van der Waals surface area contributed by atoms with Crippen LogP contribution in [0.3, 0.4) is 0 Å². The molecule has 2 N–H and O–H groups in total. The molecule has 1 amide bonds. The number of aromatic nitrogens is 3. The number of rotatable bonds is 4. The summed E-state index contributed by atoms with van der Waals surface area (Å²) in [5, 5.41) is 17.4. The maximum absolute atomic E-state index is 13.2. The summed E-state index contributed by atoms with van der Waals surface area (Å²) < 4.78 is 13.0. The van der Waals surface area contributed by atoms with Crippen LogP contribution in [0.25, 0.3) is 5.65 Å². The number of fused-ring (bicyclic) bond motifs is 2. The maximum Gasteiger partial charge on any atom is 0.261 e. The number of anilines is 2. The minimum Gasteiger partial charge on any atom is -0.483 e. The second-order valence-electron chi connectivity index (χ2n) is 7.96. The molecule has 0 bridgehead atoms. The highest BCUT2D eigenvalue weighted by Crippen LogP contribution is 2.49. The van der Waals surface area contributed by atoms with E-state index in [0.29, 0.717) is 66.1 Å². The third-order valence-electron chi connectivity index (χ3n) is 5.62. The Balaban J connectivity index is 1.56. The van der Waals surface area contributed by atoms with E-state index in [1.165, 1.54) is 6.20 Å². The molecule has 0 saturated carbocycles. The number of hydrogen-bond acceptors (Lipinski definition) is 7. The number of halogens is 1. The van der Waals surface area contributed by atoms with E-state index in [4.69, 9.17) is 21.1 Å². The van der Waals surface area contributed by atoms with Gasteiger partial charge in [0, 0.05) is 37.5 Å². The van der Waals surface area contributed by atoms with Crippen molar-refractivity contribution >= 4 is 34.5 Å². The zero-order valence-corrected chi connectivity index (χ0v) is 17.7. The molecule has 10 heteroatoms. The van der Waals surface area contributed by atoms with Crippen molar-refractivity contribution in [1.82, 2.24) is 14.6 Å². The largest absolute Gasteiger partial charge is 0.483 e. The Bertz CT molecular complexity index is 1160. The standard InChI is InChI=1S/C21H22ClN5O4/c1-21(12-28)10-13-9-15(17(16(22)18(13)31-21)26-5-7-30-8-6-26)25-20(29)14-11-24-27-4-2-3-23-19(14)27/h2-4,9,11,28H,5-8,10,12H2,1H3,(H,25,29). The number of morpholine rings is 1. The fourth-order valence-corrected chi connectivity index (χ4v) is 4.44. The van der Waals surface area contributed by atoms with Crippen LogP contribution >= 0.6 is 11.6 Å². The van der Waals surface area contributed by atoms with E-state index in [1.54, 1.807) is 23.0 Å². The van der Waals surface area contributed by atoms with Gasteiger partial charge in [-0.05, 0) is 19.1 Å². The Morgan fingerprint density at radius 2 is 2.19 bits per heavy atom. The maximum atomic E-state index is 13.2. The van der Waals surface area contributed by atoms with E-state index in [-0.39, 0.29) is 12.5 Å². The van der Waals surface area contributed by atoms with Crippen molar-refractivity contribution in [3.05, 3.63) is 46.9 Å². The van der Waals surface area contributed by atoms with Gasteiger partial charge in [0.15, 0.2) is 5.65 Å². The normalized spacial score (nSPS) is 20.5. The van der Waals surface area contributed by atoms with Gasteiger partial charge in [-0.1, -0.05) is 11.6 Å². The minimum atomic E-state index is -0.747. The van der Waals surface area contributed by atoms with Gasteiger partial charge in [-0.25, -0.2) is 9.50 Å². The van der Waals surface area contributed by atoms with Crippen LogP contribution in [-0.4, -0.2) is 64.1 Å². The molecule has 3 aromatic rings. The van der Waals surface area contributed by atoms with Gasteiger partial charge >= 0.3 is 0 Å². The number of hydrogen-bond donors (Lipinski definition) is 2. The minimum absolute atomic E-state index is 0.138. The molecule has 0 radical (unpaired) electrons. The van der Waals surface area contributed by atoms with Crippen molar-refractivity contribution in [2.45, 2.75) is 18.9 Å². The van der Waals surface area contributed by atoms with Gasteiger partial charge in [0.25, 0.3) is 5.91 Å². The Morgan fingerprint density at radius 3 is 2.97 bits per heavy atom. The molecule has 9 nitrogen and oxygen atoms in total. The molecule has 1 fully saturated rings. The SMILES string of the molecule is CC1(CO)Cc2cc(NC(=O)c3cnn4cccnc34)c(N3CCOCC3)c(Cl)c2O1. The monoisotopic (exact) mass is 443 g/mol. The molecule has 1 unspecified atom stereocenters. The molecule has 1 aromatic carbocycles. The van der Waals surface area contributed by atoms with Crippen LogP contribution in [0.15, 0.2) is 30.7 Å². The Hall–Kier alpha value is -2.88. The van der Waals surface area contributed by atoms with Crippen LogP contribution in [-0.2, 0) is 11.2 Å². The number of carbonyl (C=O) groups is 1.